The van der Waals surface area contributed by atoms with Crippen LogP contribution in [0.25, 0.3) is 0 Å². The Morgan fingerprint density at radius 2 is 1.61 bits per heavy atom. The molecule has 0 atom stereocenters. The SMILES string of the molecule is COc1ccccc1Nc1ccc(F)c(F)c1F. The van der Waals surface area contributed by atoms with Crippen molar-refractivity contribution in [3.8, 4) is 5.75 Å². The first kappa shape index (κ1) is 12.3. The second-order valence-corrected chi connectivity index (χ2v) is 3.55. The van der Waals surface area contributed by atoms with Crippen molar-refractivity contribution in [1.82, 2.24) is 0 Å². The van der Waals surface area contributed by atoms with Crippen molar-refractivity contribution in [2.45, 2.75) is 0 Å². The minimum Gasteiger partial charge on any atom is -0.495 e. The number of hydrogen-bond donors (Lipinski definition) is 1. The third kappa shape index (κ3) is 2.25. The summed E-state index contributed by atoms with van der Waals surface area (Å²) in [6, 6.07) is 8.74. The van der Waals surface area contributed by atoms with Gasteiger partial charge in [0.15, 0.2) is 17.5 Å². The largest absolute Gasteiger partial charge is 0.495 e. The van der Waals surface area contributed by atoms with Crippen LogP contribution >= 0.6 is 0 Å². The van der Waals surface area contributed by atoms with E-state index in [1.807, 2.05) is 0 Å². The van der Waals surface area contributed by atoms with E-state index in [-0.39, 0.29) is 5.69 Å². The predicted octanol–water partition coefficient (Wildman–Crippen LogP) is 3.86. The first-order chi connectivity index (χ1) is 8.63. The maximum Gasteiger partial charge on any atom is 0.196 e. The van der Waals surface area contributed by atoms with Crippen LogP contribution < -0.4 is 10.1 Å². The Morgan fingerprint density at radius 3 is 2.33 bits per heavy atom. The number of halogens is 3. The zero-order valence-corrected chi connectivity index (χ0v) is 9.51. The number of para-hydroxylation sites is 2. The number of anilines is 2. The van der Waals surface area contributed by atoms with Crippen LogP contribution in [0.1, 0.15) is 0 Å². The van der Waals surface area contributed by atoms with E-state index in [4.69, 9.17) is 4.74 Å². The molecule has 0 aromatic heterocycles. The van der Waals surface area contributed by atoms with Gasteiger partial charge in [-0.15, -0.1) is 0 Å². The molecule has 0 aliphatic carbocycles. The normalized spacial score (nSPS) is 10.2. The topological polar surface area (TPSA) is 21.3 Å². The lowest BCUT2D eigenvalue weighted by Gasteiger charge is -2.11. The van der Waals surface area contributed by atoms with Gasteiger partial charge in [-0.3, -0.25) is 0 Å². The summed E-state index contributed by atoms with van der Waals surface area (Å²) < 4.78 is 44.4. The monoisotopic (exact) mass is 253 g/mol. The molecule has 2 aromatic rings. The molecule has 18 heavy (non-hydrogen) atoms. The first-order valence-electron chi connectivity index (χ1n) is 5.17. The molecule has 0 amide bonds. The van der Waals surface area contributed by atoms with Crippen LogP contribution in [0.15, 0.2) is 36.4 Å². The lowest BCUT2D eigenvalue weighted by molar-refractivity contribution is 0.416. The Balaban J connectivity index is 2.37. The van der Waals surface area contributed by atoms with Crippen molar-refractivity contribution >= 4 is 11.4 Å². The highest BCUT2D eigenvalue weighted by Gasteiger charge is 2.14. The predicted molar refractivity (Wildman–Crippen MR) is 62.6 cm³/mol. The van der Waals surface area contributed by atoms with Gasteiger partial charge in [0.1, 0.15) is 5.75 Å². The van der Waals surface area contributed by atoms with E-state index in [9.17, 15) is 13.2 Å². The fourth-order valence-electron chi connectivity index (χ4n) is 1.52. The summed E-state index contributed by atoms with van der Waals surface area (Å²) in [5.41, 5.74) is 0.309. The Hall–Kier alpha value is -2.17. The Labute approximate surface area is 102 Å². The molecule has 0 radical (unpaired) electrons. The van der Waals surface area contributed by atoms with Gasteiger partial charge in [0, 0.05) is 0 Å². The van der Waals surface area contributed by atoms with Crippen LogP contribution in [-0.2, 0) is 0 Å². The third-order valence-electron chi connectivity index (χ3n) is 2.41. The van der Waals surface area contributed by atoms with Gasteiger partial charge in [-0.1, -0.05) is 12.1 Å². The smallest absolute Gasteiger partial charge is 0.196 e. The van der Waals surface area contributed by atoms with Gasteiger partial charge in [0.25, 0.3) is 0 Å². The van der Waals surface area contributed by atoms with E-state index in [1.54, 1.807) is 24.3 Å². The highest BCUT2D eigenvalue weighted by molar-refractivity contribution is 5.66. The summed E-state index contributed by atoms with van der Waals surface area (Å²) in [4.78, 5) is 0. The fourth-order valence-corrected chi connectivity index (χ4v) is 1.52. The zero-order chi connectivity index (χ0) is 13.1. The van der Waals surface area contributed by atoms with Crippen LogP contribution in [0.2, 0.25) is 0 Å². The molecule has 1 N–H and O–H groups in total. The molecule has 0 aliphatic heterocycles. The molecule has 0 saturated carbocycles. The molecule has 0 unspecified atom stereocenters. The van der Waals surface area contributed by atoms with Crippen molar-refractivity contribution in [1.29, 1.82) is 0 Å². The summed E-state index contributed by atoms with van der Waals surface area (Å²) in [6.45, 7) is 0. The maximum atomic E-state index is 13.5. The summed E-state index contributed by atoms with van der Waals surface area (Å²) >= 11 is 0. The van der Waals surface area contributed by atoms with Crippen LogP contribution in [-0.4, -0.2) is 7.11 Å². The van der Waals surface area contributed by atoms with Gasteiger partial charge in [0.2, 0.25) is 0 Å². The molecule has 2 aromatic carbocycles. The molecule has 94 valence electrons. The second kappa shape index (κ2) is 5.00. The van der Waals surface area contributed by atoms with Gasteiger partial charge in [-0.25, -0.2) is 13.2 Å². The lowest BCUT2D eigenvalue weighted by atomic mass is 10.2. The van der Waals surface area contributed by atoms with E-state index in [0.29, 0.717) is 11.4 Å². The number of rotatable bonds is 3. The zero-order valence-electron chi connectivity index (χ0n) is 9.51. The number of ether oxygens (including phenoxy) is 1. The lowest BCUT2D eigenvalue weighted by Crippen LogP contribution is -2.00. The van der Waals surface area contributed by atoms with Crippen LogP contribution in [0, 0.1) is 17.5 Å². The molecule has 0 fully saturated rings. The number of nitrogens with one attached hydrogen (secondary N) is 1. The average molecular weight is 253 g/mol. The number of methoxy groups -OCH3 is 1. The van der Waals surface area contributed by atoms with Crippen molar-refractivity contribution in [2.75, 3.05) is 12.4 Å². The highest BCUT2D eigenvalue weighted by atomic mass is 19.2. The van der Waals surface area contributed by atoms with Crippen molar-refractivity contribution in [2.24, 2.45) is 0 Å². The highest BCUT2D eigenvalue weighted by Crippen LogP contribution is 2.29. The van der Waals surface area contributed by atoms with Gasteiger partial charge in [-0.2, -0.15) is 0 Å². The van der Waals surface area contributed by atoms with E-state index in [2.05, 4.69) is 5.32 Å². The summed E-state index contributed by atoms with van der Waals surface area (Å²) in [6.07, 6.45) is 0. The van der Waals surface area contributed by atoms with E-state index in [1.165, 1.54) is 7.11 Å². The second-order valence-electron chi connectivity index (χ2n) is 3.55. The number of hydrogen-bond acceptors (Lipinski definition) is 2. The van der Waals surface area contributed by atoms with Crippen LogP contribution in [0.3, 0.4) is 0 Å². The number of benzene rings is 2. The molecule has 2 nitrogen and oxygen atoms in total. The van der Waals surface area contributed by atoms with E-state index in [0.717, 1.165) is 12.1 Å². The molecule has 0 aliphatic rings. The van der Waals surface area contributed by atoms with Crippen molar-refractivity contribution in [3.05, 3.63) is 53.8 Å². The van der Waals surface area contributed by atoms with Crippen LogP contribution in [0.4, 0.5) is 24.5 Å². The first-order valence-corrected chi connectivity index (χ1v) is 5.17. The summed E-state index contributed by atoms with van der Waals surface area (Å²) in [7, 11) is 1.46. The van der Waals surface area contributed by atoms with Crippen molar-refractivity contribution in [3.63, 3.8) is 0 Å². The quantitative estimate of drug-likeness (QED) is 0.839. The van der Waals surface area contributed by atoms with Gasteiger partial charge >= 0.3 is 0 Å². The molecule has 2 rings (SSSR count). The Bertz CT molecular complexity index is 572. The van der Waals surface area contributed by atoms with Gasteiger partial charge in [0.05, 0.1) is 18.5 Å². The molecule has 0 spiro atoms. The minimum atomic E-state index is -1.50. The summed E-state index contributed by atoms with van der Waals surface area (Å²) in [5.74, 6) is -3.52. The molecule has 0 bridgehead atoms. The maximum absolute atomic E-state index is 13.5. The molecule has 5 heteroatoms. The Kier molecular flexibility index (Phi) is 3.41. The van der Waals surface area contributed by atoms with E-state index >= 15 is 0 Å². The average Bonchev–Trinajstić information content (AvgIpc) is 2.40. The molecular formula is C13H10F3NO. The van der Waals surface area contributed by atoms with Crippen LogP contribution in [0.5, 0.6) is 5.75 Å². The minimum absolute atomic E-state index is 0.154. The summed E-state index contributed by atoms with van der Waals surface area (Å²) in [5, 5.41) is 2.65. The van der Waals surface area contributed by atoms with Gasteiger partial charge in [-0.05, 0) is 24.3 Å². The van der Waals surface area contributed by atoms with E-state index < -0.39 is 17.5 Å². The fraction of sp³-hybridized carbons (Fsp3) is 0.0769. The molecular weight excluding hydrogens is 243 g/mol. The van der Waals surface area contributed by atoms with Crippen molar-refractivity contribution < 1.29 is 17.9 Å². The Morgan fingerprint density at radius 1 is 0.889 bits per heavy atom. The molecule has 0 heterocycles. The van der Waals surface area contributed by atoms with Gasteiger partial charge < -0.3 is 10.1 Å². The third-order valence-corrected chi connectivity index (χ3v) is 2.41. The molecule has 0 saturated heterocycles. The standard InChI is InChI=1S/C13H10F3NO/c1-18-11-5-3-2-4-9(11)17-10-7-6-8(14)12(15)13(10)16/h2-7,17H,1H3.